The molecule has 0 radical (unpaired) electrons. The van der Waals surface area contributed by atoms with E-state index in [0.717, 1.165) is 5.56 Å². The first-order chi connectivity index (χ1) is 15.9. The summed E-state index contributed by atoms with van der Waals surface area (Å²) in [6.07, 6.45) is 0.521. The molecular weight excluding hydrogens is 444 g/mol. The van der Waals surface area contributed by atoms with Gasteiger partial charge in [-0.15, -0.1) is 0 Å². The SMILES string of the molecule is CC(C)CC(NC(=O)CNC(=O)C(C)NC(=O)C(N)Cc1ccc(O)cc1)C(=O)NCC(N)=O. The van der Waals surface area contributed by atoms with Crippen molar-refractivity contribution in [2.75, 3.05) is 13.1 Å². The lowest BCUT2D eigenvalue weighted by Crippen LogP contribution is -2.54. The predicted molar refractivity (Wildman–Crippen MR) is 124 cm³/mol. The number of nitrogens with one attached hydrogen (secondary N) is 4. The van der Waals surface area contributed by atoms with Crippen LogP contribution in [0.25, 0.3) is 0 Å². The van der Waals surface area contributed by atoms with Crippen LogP contribution in [0.15, 0.2) is 24.3 Å². The Kier molecular flexibility index (Phi) is 11.5. The Labute approximate surface area is 198 Å². The third-order valence-corrected chi connectivity index (χ3v) is 4.70. The maximum absolute atomic E-state index is 12.3. The summed E-state index contributed by atoms with van der Waals surface area (Å²) in [5.74, 6) is -2.89. The van der Waals surface area contributed by atoms with E-state index in [1.807, 2.05) is 13.8 Å². The topological polar surface area (TPSA) is 206 Å². The third-order valence-electron chi connectivity index (χ3n) is 4.70. The highest BCUT2D eigenvalue weighted by atomic mass is 16.3. The van der Waals surface area contributed by atoms with E-state index in [9.17, 15) is 29.1 Å². The zero-order chi connectivity index (χ0) is 25.8. The van der Waals surface area contributed by atoms with Gasteiger partial charge in [-0.3, -0.25) is 24.0 Å². The third kappa shape index (κ3) is 10.8. The second-order valence-electron chi connectivity index (χ2n) is 8.36. The molecule has 1 rings (SSSR count). The van der Waals surface area contributed by atoms with Crippen molar-refractivity contribution in [1.82, 2.24) is 21.3 Å². The van der Waals surface area contributed by atoms with E-state index in [0.29, 0.717) is 6.42 Å². The molecule has 3 unspecified atom stereocenters. The van der Waals surface area contributed by atoms with E-state index >= 15 is 0 Å². The number of carbonyl (C=O) groups excluding carboxylic acids is 5. The Morgan fingerprint density at radius 3 is 2.03 bits per heavy atom. The van der Waals surface area contributed by atoms with Gasteiger partial charge in [-0.05, 0) is 43.4 Å². The first kappa shape index (κ1) is 28.4. The number of phenols is 1. The highest BCUT2D eigenvalue weighted by Crippen LogP contribution is 2.11. The number of amides is 5. The molecule has 0 aliphatic heterocycles. The van der Waals surface area contributed by atoms with Gasteiger partial charge < -0.3 is 37.8 Å². The molecule has 0 aromatic heterocycles. The van der Waals surface area contributed by atoms with Crippen LogP contribution in [0.2, 0.25) is 0 Å². The number of benzene rings is 1. The molecule has 5 amide bonds. The van der Waals surface area contributed by atoms with Crippen molar-refractivity contribution in [3.63, 3.8) is 0 Å². The Hall–Kier alpha value is -3.67. The zero-order valence-electron chi connectivity index (χ0n) is 19.6. The first-order valence-electron chi connectivity index (χ1n) is 10.9. The summed E-state index contributed by atoms with van der Waals surface area (Å²) in [6.45, 7) is 4.39. The van der Waals surface area contributed by atoms with Gasteiger partial charge >= 0.3 is 0 Å². The molecule has 12 nitrogen and oxygen atoms in total. The summed E-state index contributed by atoms with van der Waals surface area (Å²) in [5.41, 5.74) is 11.6. The lowest BCUT2D eigenvalue weighted by atomic mass is 10.0. The van der Waals surface area contributed by atoms with Gasteiger partial charge in [-0.25, -0.2) is 0 Å². The average Bonchev–Trinajstić information content (AvgIpc) is 2.76. The molecule has 0 heterocycles. The number of nitrogens with two attached hydrogens (primary N) is 2. The van der Waals surface area contributed by atoms with Crippen LogP contribution < -0.4 is 32.7 Å². The molecule has 3 atom stereocenters. The van der Waals surface area contributed by atoms with Gasteiger partial charge in [0, 0.05) is 0 Å². The molecule has 0 aliphatic carbocycles. The summed E-state index contributed by atoms with van der Waals surface area (Å²) < 4.78 is 0. The molecule has 1 aromatic carbocycles. The van der Waals surface area contributed by atoms with Gasteiger partial charge in [0.2, 0.25) is 29.5 Å². The lowest BCUT2D eigenvalue weighted by molar-refractivity contribution is -0.132. The van der Waals surface area contributed by atoms with Gasteiger partial charge in [0.15, 0.2) is 0 Å². The Morgan fingerprint density at radius 1 is 0.882 bits per heavy atom. The summed E-state index contributed by atoms with van der Waals surface area (Å²) in [4.78, 5) is 59.9. The average molecular weight is 479 g/mol. The van der Waals surface area contributed by atoms with E-state index in [1.54, 1.807) is 12.1 Å². The van der Waals surface area contributed by atoms with Crippen LogP contribution in [0, 0.1) is 5.92 Å². The molecule has 0 spiro atoms. The van der Waals surface area contributed by atoms with Crippen molar-refractivity contribution in [1.29, 1.82) is 0 Å². The summed E-state index contributed by atoms with van der Waals surface area (Å²) in [5, 5.41) is 19.0. The number of carbonyl (C=O) groups is 5. The number of primary amides is 1. The second-order valence-corrected chi connectivity index (χ2v) is 8.36. The fraction of sp³-hybridized carbons (Fsp3) is 0.500. The molecule has 0 aliphatic rings. The highest BCUT2D eigenvalue weighted by Gasteiger charge is 2.24. The molecular formula is C22H34N6O6. The molecule has 12 heteroatoms. The normalized spacial score (nSPS) is 13.3. The molecule has 0 bridgehead atoms. The largest absolute Gasteiger partial charge is 0.508 e. The van der Waals surface area contributed by atoms with Crippen LogP contribution in [-0.4, -0.2) is 65.9 Å². The number of rotatable bonds is 13. The summed E-state index contributed by atoms with van der Waals surface area (Å²) >= 11 is 0. The standard InChI is InChI=1S/C22H34N6O6/c1-12(2)8-17(22(34)25-10-18(24)30)28-19(31)11-26-20(32)13(3)27-21(33)16(23)9-14-4-6-15(29)7-5-14/h4-7,12-13,16-17,29H,8-11,23H2,1-3H3,(H2,24,30)(H,25,34)(H,26,32)(H,27,33)(H,28,31). The maximum Gasteiger partial charge on any atom is 0.243 e. The molecule has 188 valence electrons. The van der Waals surface area contributed by atoms with Gasteiger partial charge in [0.25, 0.3) is 0 Å². The molecule has 34 heavy (non-hydrogen) atoms. The van der Waals surface area contributed by atoms with Crippen LogP contribution >= 0.6 is 0 Å². The van der Waals surface area contributed by atoms with E-state index in [-0.39, 0.29) is 24.6 Å². The van der Waals surface area contributed by atoms with E-state index < -0.39 is 54.2 Å². The Balaban J connectivity index is 2.51. The molecule has 9 N–H and O–H groups in total. The van der Waals surface area contributed by atoms with E-state index in [2.05, 4.69) is 21.3 Å². The highest BCUT2D eigenvalue weighted by molar-refractivity contribution is 5.93. The van der Waals surface area contributed by atoms with Gasteiger partial charge in [0.1, 0.15) is 17.8 Å². The van der Waals surface area contributed by atoms with Crippen molar-refractivity contribution < 1.29 is 29.1 Å². The van der Waals surface area contributed by atoms with E-state index in [4.69, 9.17) is 11.5 Å². The molecule has 1 aromatic rings. The minimum Gasteiger partial charge on any atom is -0.508 e. The molecule has 0 saturated heterocycles. The lowest BCUT2D eigenvalue weighted by Gasteiger charge is -2.21. The van der Waals surface area contributed by atoms with Crippen LogP contribution in [0.1, 0.15) is 32.8 Å². The van der Waals surface area contributed by atoms with Gasteiger partial charge in [0.05, 0.1) is 19.1 Å². The fourth-order valence-corrected chi connectivity index (χ4v) is 2.93. The summed E-state index contributed by atoms with van der Waals surface area (Å²) in [6, 6.07) is 3.45. The quantitative estimate of drug-likeness (QED) is 0.170. The van der Waals surface area contributed by atoms with Gasteiger partial charge in [-0.1, -0.05) is 26.0 Å². The number of hydrogen-bond acceptors (Lipinski definition) is 7. The second kappa shape index (κ2) is 13.8. The van der Waals surface area contributed by atoms with Crippen molar-refractivity contribution in [2.24, 2.45) is 17.4 Å². The Morgan fingerprint density at radius 2 is 1.47 bits per heavy atom. The molecule has 0 fully saturated rings. The van der Waals surface area contributed by atoms with Crippen LogP contribution in [0.4, 0.5) is 0 Å². The zero-order valence-corrected chi connectivity index (χ0v) is 19.6. The first-order valence-corrected chi connectivity index (χ1v) is 10.9. The van der Waals surface area contributed by atoms with Crippen molar-refractivity contribution in [3.05, 3.63) is 29.8 Å². The number of hydrogen-bond donors (Lipinski definition) is 7. The smallest absolute Gasteiger partial charge is 0.243 e. The maximum atomic E-state index is 12.3. The summed E-state index contributed by atoms with van der Waals surface area (Å²) in [7, 11) is 0. The van der Waals surface area contributed by atoms with Gasteiger partial charge in [-0.2, -0.15) is 0 Å². The van der Waals surface area contributed by atoms with Crippen LogP contribution in [0.5, 0.6) is 5.75 Å². The van der Waals surface area contributed by atoms with Crippen molar-refractivity contribution >= 4 is 29.5 Å². The predicted octanol–water partition coefficient (Wildman–Crippen LogP) is -1.98. The minimum absolute atomic E-state index is 0.0697. The Bertz CT molecular complexity index is 873. The van der Waals surface area contributed by atoms with Crippen LogP contribution in [0.3, 0.4) is 0 Å². The van der Waals surface area contributed by atoms with Crippen LogP contribution in [-0.2, 0) is 30.4 Å². The number of aromatic hydroxyl groups is 1. The monoisotopic (exact) mass is 478 g/mol. The number of phenolic OH excluding ortho intramolecular Hbond substituents is 1. The van der Waals surface area contributed by atoms with E-state index in [1.165, 1.54) is 19.1 Å². The fourth-order valence-electron chi connectivity index (χ4n) is 2.93. The van der Waals surface area contributed by atoms with Crippen molar-refractivity contribution in [3.8, 4) is 5.75 Å². The van der Waals surface area contributed by atoms with Crippen molar-refractivity contribution in [2.45, 2.75) is 51.7 Å². The minimum atomic E-state index is -0.962. The molecule has 0 saturated carbocycles.